The van der Waals surface area contributed by atoms with Crippen molar-refractivity contribution in [1.82, 2.24) is 9.88 Å². The molecule has 7 heteroatoms. The van der Waals surface area contributed by atoms with Crippen LogP contribution in [0.4, 0.5) is 0 Å². The topological polar surface area (TPSA) is 96.5 Å². The fraction of sp³-hybridized carbons (Fsp3) is 0.583. The normalized spacial score (nSPS) is 22.7. The summed E-state index contributed by atoms with van der Waals surface area (Å²) in [5.41, 5.74) is 5.84. The van der Waals surface area contributed by atoms with E-state index < -0.39 is 11.9 Å². The van der Waals surface area contributed by atoms with Gasteiger partial charge in [-0.3, -0.25) is 9.59 Å². The first-order valence-corrected chi connectivity index (χ1v) is 7.07. The summed E-state index contributed by atoms with van der Waals surface area (Å²) < 4.78 is 0. The molecule has 1 saturated heterocycles. The van der Waals surface area contributed by atoms with E-state index in [9.17, 15) is 9.59 Å². The summed E-state index contributed by atoms with van der Waals surface area (Å²) in [7, 11) is 0. The first-order chi connectivity index (χ1) is 9.02. The molecule has 1 aromatic heterocycles. The van der Waals surface area contributed by atoms with Crippen molar-refractivity contribution in [3.63, 3.8) is 0 Å². The molecule has 0 aromatic carbocycles. The van der Waals surface area contributed by atoms with Crippen LogP contribution in [0.3, 0.4) is 0 Å². The van der Waals surface area contributed by atoms with Crippen molar-refractivity contribution in [3.8, 4) is 0 Å². The fourth-order valence-corrected chi connectivity index (χ4v) is 3.05. The van der Waals surface area contributed by atoms with E-state index in [4.69, 9.17) is 10.8 Å². The second kappa shape index (κ2) is 5.66. The van der Waals surface area contributed by atoms with Gasteiger partial charge in [0.15, 0.2) is 0 Å². The molecular formula is C12H17N3O3S. The number of rotatable bonds is 4. The second-order valence-corrected chi connectivity index (χ2v) is 5.74. The Morgan fingerprint density at radius 3 is 2.89 bits per heavy atom. The second-order valence-electron chi connectivity index (χ2n) is 4.80. The Balaban J connectivity index is 2.06. The maximum absolute atomic E-state index is 12.2. The Hall–Kier alpha value is -1.47. The zero-order valence-electron chi connectivity index (χ0n) is 10.7. The van der Waals surface area contributed by atoms with Crippen LogP contribution in [-0.2, 0) is 11.2 Å². The summed E-state index contributed by atoms with van der Waals surface area (Å²) in [6.07, 6.45) is 0.659. The molecular weight excluding hydrogens is 266 g/mol. The molecule has 1 fully saturated rings. The van der Waals surface area contributed by atoms with Crippen molar-refractivity contribution in [1.29, 1.82) is 0 Å². The van der Waals surface area contributed by atoms with Gasteiger partial charge in [0.2, 0.25) is 0 Å². The molecule has 1 aliphatic heterocycles. The SMILES string of the molecule is C[C@@H]1CN(C(=O)c2csc(CCN)n2)C[C@H]1C(=O)O. The van der Waals surface area contributed by atoms with Gasteiger partial charge >= 0.3 is 5.97 Å². The Morgan fingerprint density at radius 1 is 1.58 bits per heavy atom. The van der Waals surface area contributed by atoms with Crippen LogP contribution in [0.1, 0.15) is 22.4 Å². The molecule has 6 nitrogen and oxygen atoms in total. The molecule has 0 radical (unpaired) electrons. The van der Waals surface area contributed by atoms with E-state index in [0.29, 0.717) is 25.2 Å². The monoisotopic (exact) mass is 283 g/mol. The molecule has 2 atom stereocenters. The smallest absolute Gasteiger partial charge is 0.308 e. The third kappa shape index (κ3) is 2.93. The highest BCUT2D eigenvalue weighted by Crippen LogP contribution is 2.25. The summed E-state index contributed by atoms with van der Waals surface area (Å²) in [4.78, 5) is 29.1. The first kappa shape index (κ1) is 14.0. The molecule has 1 amide bonds. The summed E-state index contributed by atoms with van der Waals surface area (Å²) in [6.45, 7) is 3.09. The van der Waals surface area contributed by atoms with Crippen molar-refractivity contribution in [2.75, 3.05) is 19.6 Å². The fourth-order valence-electron chi connectivity index (χ4n) is 2.26. The van der Waals surface area contributed by atoms with Crippen LogP contribution in [0.2, 0.25) is 0 Å². The number of nitrogens with two attached hydrogens (primary N) is 1. The molecule has 3 N–H and O–H groups in total. The average molecular weight is 283 g/mol. The van der Waals surface area contributed by atoms with Gasteiger partial charge in [0.05, 0.1) is 10.9 Å². The van der Waals surface area contributed by atoms with Crippen LogP contribution in [0.15, 0.2) is 5.38 Å². The molecule has 0 spiro atoms. The first-order valence-electron chi connectivity index (χ1n) is 6.19. The van der Waals surface area contributed by atoms with Crippen molar-refractivity contribution in [3.05, 3.63) is 16.1 Å². The van der Waals surface area contributed by atoms with Gasteiger partial charge in [0, 0.05) is 24.9 Å². The van der Waals surface area contributed by atoms with Crippen LogP contribution < -0.4 is 5.73 Å². The zero-order valence-corrected chi connectivity index (χ0v) is 11.5. The number of nitrogens with zero attached hydrogens (tertiary/aromatic N) is 2. The highest BCUT2D eigenvalue weighted by molar-refractivity contribution is 7.09. The number of aromatic nitrogens is 1. The predicted octanol–water partition coefficient (Wildman–Crippen LogP) is 0.437. The minimum absolute atomic E-state index is 0.0244. The molecule has 19 heavy (non-hydrogen) atoms. The van der Waals surface area contributed by atoms with Crippen LogP contribution in [0, 0.1) is 11.8 Å². The van der Waals surface area contributed by atoms with E-state index in [1.807, 2.05) is 6.92 Å². The predicted molar refractivity (Wildman–Crippen MR) is 71.1 cm³/mol. The van der Waals surface area contributed by atoms with Crippen molar-refractivity contribution < 1.29 is 14.7 Å². The minimum atomic E-state index is -0.843. The number of hydrogen-bond donors (Lipinski definition) is 2. The lowest BCUT2D eigenvalue weighted by atomic mass is 9.99. The van der Waals surface area contributed by atoms with Crippen LogP contribution >= 0.6 is 11.3 Å². The molecule has 104 valence electrons. The summed E-state index contributed by atoms with van der Waals surface area (Å²) in [6, 6.07) is 0. The van der Waals surface area contributed by atoms with Crippen molar-refractivity contribution in [2.45, 2.75) is 13.3 Å². The number of carboxylic acids is 1. The Morgan fingerprint density at radius 2 is 2.32 bits per heavy atom. The van der Waals surface area contributed by atoms with Gasteiger partial charge in [-0.1, -0.05) is 6.92 Å². The molecule has 0 bridgehead atoms. The number of amides is 1. The number of carbonyl (C=O) groups excluding carboxylic acids is 1. The minimum Gasteiger partial charge on any atom is -0.481 e. The van der Waals surface area contributed by atoms with Gasteiger partial charge < -0.3 is 15.7 Å². The van der Waals surface area contributed by atoms with Crippen LogP contribution in [0.25, 0.3) is 0 Å². The highest BCUT2D eigenvalue weighted by Gasteiger charge is 2.37. The van der Waals surface area contributed by atoms with Gasteiger partial charge in [0.25, 0.3) is 5.91 Å². The Labute approximate surface area is 115 Å². The molecule has 1 aromatic rings. The third-order valence-electron chi connectivity index (χ3n) is 3.35. The molecule has 0 unspecified atom stereocenters. The number of thiazole rings is 1. The summed E-state index contributed by atoms with van der Waals surface area (Å²) in [5.74, 6) is -1.53. The third-order valence-corrected chi connectivity index (χ3v) is 4.25. The van der Waals surface area contributed by atoms with Gasteiger partial charge in [-0.15, -0.1) is 11.3 Å². The molecule has 1 aliphatic rings. The summed E-state index contributed by atoms with van der Waals surface area (Å²) in [5, 5.41) is 11.6. The van der Waals surface area contributed by atoms with E-state index in [0.717, 1.165) is 5.01 Å². The molecule has 0 saturated carbocycles. The van der Waals surface area contributed by atoms with E-state index >= 15 is 0 Å². The maximum atomic E-state index is 12.2. The standard InChI is InChI=1S/C12H17N3O3S/c1-7-4-15(5-8(7)12(17)18)11(16)9-6-19-10(14-9)2-3-13/h6-8H,2-5,13H2,1H3,(H,17,18)/t7-,8-/m1/s1. The van der Waals surface area contributed by atoms with Gasteiger partial charge in [-0.25, -0.2) is 4.98 Å². The Bertz CT molecular complexity index is 488. The molecule has 0 aliphatic carbocycles. The molecule has 2 rings (SSSR count). The zero-order chi connectivity index (χ0) is 14.0. The number of hydrogen-bond acceptors (Lipinski definition) is 5. The highest BCUT2D eigenvalue weighted by atomic mass is 32.1. The van der Waals surface area contributed by atoms with Gasteiger partial charge in [0.1, 0.15) is 5.69 Å². The quantitative estimate of drug-likeness (QED) is 0.835. The van der Waals surface area contributed by atoms with Gasteiger partial charge in [-0.2, -0.15) is 0 Å². The number of carbonyl (C=O) groups is 2. The lowest BCUT2D eigenvalue weighted by molar-refractivity contribution is -0.142. The maximum Gasteiger partial charge on any atom is 0.308 e. The van der Waals surface area contributed by atoms with E-state index in [1.54, 1.807) is 10.3 Å². The Kier molecular flexibility index (Phi) is 4.16. The lowest BCUT2D eigenvalue weighted by Gasteiger charge is -2.13. The van der Waals surface area contributed by atoms with E-state index in [2.05, 4.69) is 4.98 Å². The van der Waals surface area contributed by atoms with E-state index in [1.165, 1.54) is 11.3 Å². The number of carboxylic acid groups (broad SMARTS) is 1. The number of aliphatic carboxylic acids is 1. The van der Waals surface area contributed by atoms with Crippen molar-refractivity contribution >= 4 is 23.2 Å². The summed E-state index contributed by atoms with van der Waals surface area (Å²) >= 11 is 1.41. The van der Waals surface area contributed by atoms with E-state index in [-0.39, 0.29) is 18.4 Å². The lowest BCUT2D eigenvalue weighted by Crippen LogP contribution is -2.30. The molecule has 2 heterocycles. The van der Waals surface area contributed by atoms with Crippen LogP contribution in [0.5, 0.6) is 0 Å². The van der Waals surface area contributed by atoms with Gasteiger partial charge in [-0.05, 0) is 12.5 Å². The average Bonchev–Trinajstić information content (AvgIpc) is 2.95. The van der Waals surface area contributed by atoms with Crippen LogP contribution in [-0.4, -0.2) is 46.5 Å². The van der Waals surface area contributed by atoms with Crippen molar-refractivity contribution in [2.24, 2.45) is 17.6 Å². The number of likely N-dealkylation sites (tertiary alicyclic amines) is 1. The largest absolute Gasteiger partial charge is 0.481 e.